The van der Waals surface area contributed by atoms with E-state index in [0.717, 1.165) is 63.2 Å². The molecule has 1 aliphatic carbocycles. The van der Waals surface area contributed by atoms with Crippen LogP contribution in [-0.2, 0) is 19.1 Å². The van der Waals surface area contributed by atoms with Gasteiger partial charge in [-0.3, -0.25) is 9.59 Å². The number of carbonyl (C=O) groups excluding carboxylic acids is 2. The van der Waals surface area contributed by atoms with E-state index in [9.17, 15) is 9.59 Å². The van der Waals surface area contributed by atoms with Crippen LogP contribution in [0, 0.1) is 23.7 Å². The number of esters is 2. The fraction of sp³-hybridized carbons (Fsp3) is 0.917. The predicted octanol–water partition coefficient (Wildman–Crippen LogP) is 6.31. The van der Waals surface area contributed by atoms with Gasteiger partial charge in [0.2, 0.25) is 0 Å². The number of rotatable bonds is 14. The molecule has 1 fully saturated rings. The third-order valence-electron chi connectivity index (χ3n) is 6.71. The summed E-state index contributed by atoms with van der Waals surface area (Å²) in [6, 6.07) is 0. The van der Waals surface area contributed by atoms with Crippen molar-refractivity contribution in [3.05, 3.63) is 0 Å². The average molecular weight is 397 g/mol. The SMILES string of the molecule is CCC(CC)CCCOC(=O)C1CCC(C(=O)OCCCC(CC)CC)CC1. The molecular formula is C24H44O4. The van der Waals surface area contributed by atoms with E-state index in [1.165, 1.54) is 25.7 Å². The molecule has 0 radical (unpaired) electrons. The molecule has 0 amide bonds. The lowest BCUT2D eigenvalue weighted by Crippen LogP contribution is -2.28. The van der Waals surface area contributed by atoms with Gasteiger partial charge in [0.1, 0.15) is 0 Å². The largest absolute Gasteiger partial charge is 0.465 e. The lowest BCUT2D eigenvalue weighted by molar-refractivity contribution is -0.155. The second kappa shape index (κ2) is 14.9. The second-order valence-electron chi connectivity index (χ2n) is 8.53. The van der Waals surface area contributed by atoms with Crippen molar-refractivity contribution >= 4 is 11.9 Å². The Balaban J connectivity index is 2.16. The topological polar surface area (TPSA) is 52.6 Å². The van der Waals surface area contributed by atoms with E-state index in [1.54, 1.807) is 0 Å². The zero-order valence-corrected chi connectivity index (χ0v) is 18.8. The van der Waals surface area contributed by atoms with Crippen LogP contribution in [0.3, 0.4) is 0 Å². The number of hydrogen-bond acceptors (Lipinski definition) is 4. The first-order chi connectivity index (χ1) is 13.5. The molecule has 0 bridgehead atoms. The highest BCUT2D eigenvalue weighted by atomic mass is 16.5. The summed E-state index contributed by atoms with van der Waals surface area (Å²) in [5.41, 5.74) is 0. The van der Waals surface area contributed by atoms with Crippen LogP contribution in [0.4, 0.5) is 0 Å². The zero-order chi connectivity index (χ0) is 20.8. The Hall–Kier alpha value is -1.06. The Labute approximate surface area is 173 Å². The predicted molar refractivity (Wildman–Crippen MR) is 114 cm³/mol. The van der Waals surface area contributed by atoms with Crippen molar-refractivity contribution in [2.24, 2.45) is 23.7 Å². The van der Waals surface area contributed by atoms with Crippen LogP contribution < -0.4 is 0 Å². The second-order valence-corrected chi connectivity index (χ2v) is 8.53. The number of hydrogen-bond donors (Lipinski definition) is 0. The minimum atomic E-state index is -0.0680. The van der Waals surface area contributed by atoms with Gasteiger partial charge in [-0.2, -0.15) is 0 Å². The van der Waals surface area contributed by atoms with E-state index in [0.29, 0.717) is 13.2 Å². The summed E-state index contributed by atoms with van der Waals surface area (Å²) in [6.45, 7) is 9.95. The van der Waals surface area contributed by atoms with Crippen molar-refractivity contribution < 1.29 is 19.1 Å². The number of ether oxygens (including phenoxy) is 2. The van der Waals surface area contributed by atoms with E-state index in [1.807, 2.05) is 0 Å². The van der Waals surface area contributed by atoms with Gasteiger partial charge in [0, 0.05) is 0 Å². The maximum absolute atomic E-state index is 12.3. The molecule has 28 heavy (non-hydrogen) atoms. The molecular weight excluding hydrogens is 352 g/mol. The van der Waals surface area contributed by atoms with Crippen LogP contribution >= 0.6 is 0 Å². The van der Waals surface area contributed by atoms with Crippen LogP contribution in [0.15, 0.2) is 0 Å². The van der Waals surface area contributed by atoms with Gasteiger partial charge in [0.15, 0.2) is 0 Å². The first kappa shape index (κ1) is 25.0. The van der Waals surface area contributed by atoms with Crippen molar-refractivity contribution in [2.75, 3.05) is 13.2 Å². The molecule has 0 unspecified atom stereocenters. The summed E-state index contributed by atoms with van der Waals surface area (Å²) in [6.07, 6.45) is 12.0. The number of carbonyl (C=O) groups is 2. The van der Waals surface area contributed by atoms with Crippen LogP contribution in [0.2, 0.25) is 0 Å². The molecule has 0 heterocycles. The van der Waals surface area contributed by atoms with Gasteiger partial charge in [-0.05, 0) is 63.2 Å². The van der Waals surface area contributed by atoms with Crippen molar-refractivity contribution in [3.8, 4) is 0 Å². The van der Waals surface area contributed by atoms with E-state index in [-0.39, 0.29) is 23.8 Å². The third-order valence-corrected chi connectivity index (χ3v) is 6.71. The Kier molecular flexibility index (Phi) is 13.3. The highest BCUT2D eigenvalue weighted by Crippen LogP contribution is 2.30. The molecule has 0 aromatic heterocycles. The monoisotopic (exact) mass is 396 g/mol. The Morgan fingerprint density at radius 2 is 1.00 bits per heavy atom. The van der Waals surface area contributed by atoms with E-state index in [4.69, 9.17) is 9.47 Å². The minimum absolute atomic E-state index is 0.0351. The highest BCUT2D eigenvalue weighted by Gasteiger charge is 2.31. The third kappa shape index (κ3) is 9.43. The van der Waals surface area contributed by atoms with Crippen LogP contribution in [-0.4, -0.2) is 25.2 Å². The maximum Gasteiger partial charge on any atom is 0.308 e. The van der Waals surface area contributed by atoms with Gasteiger partial charge < -0.3 is 9.47 Å². The quantitative estimate of drug-likeness (QED) is 0.255. The summed E-state index contributed by atoms with van der Waals surface area (Å²) in [4.78, 5) is 24.5. The molecule has 0 spiro atoms. The smallest absolute Gasteiger partial charge is 0.308 e. The average Bonchev–Trinajstić information content (AvgIpc) is 2.73. The molecule has 0 saturated heterocycles. The molecule has 0 atom stereocenters. The summed E-state index contributed by atoms with van der Waals surface area (Å²) in [7, 11) is 0. The van der Waals surface area contributed by atoms with Gasteiger partial charge in [-0.1, -0.05) is 53.4 Å². The zero-order valence-electron chi connectivity index (χ0n) is 18.8. The van der Waals surface area contributed by atoms with Gasteiger partial charge in [-0.15, -0.1) is 0 Å². The van der Waals surface area contributed by atoms with Crippen LogP contribution in [0.5, 0.6) is 0 Å². The standard InChI is InChI=1S/C24H44O4/c1-5-19(6-2)11-9-17-27-23(25)21-13-15-22(16-14-21)24(26)28-18-10-12-20(7-3)8-4/h19-22H,5-18H2,1-4H3. The molecule has 4 nitrogen and oxygen atoms in total. The molecule has 0 aromatic rings. The van der Waals surface area contributed by atoms with Crippen LogP contribution in [0.25, 0.3) is 0 Å². The van der Waals surface area contributed by atoms with Gasteiger partial charge in [0.05, 0.1) is 25.0 Å². The fourth-order valence-electron chi connectivity index (χ4n) is 4.28. The summed E-state index contributed by atoms with van der Waals surface area (Å²) >= 11 is 0. The van der Waals surface area contributed by atoms with Gasteiger partial charge in [0.25, 0.3) is 0 Å². The molecule has 164 valence electrons. The summed E-state index contributed by atoms with van der Waals surface area (Å²) < 4.78 is 11.0. The molecule has 0 aliphatic heterocycles. The summed E-state index contributed by atoms with van der Waals surface area (Å²) in [5.74, 6) is 1.28. The van der Waals surface area contributed by atoms with Crippen molar-refractivity contribution in [2.45, 2.75) is 105 Å². The first-order valence-corrected chi connectivity index (χ1v) is 11.9. The lowest BCUT2D eigenvalue weighted by Gasteiger charge is -2.26. The maximum atomic E-state index is 12.3. The molecule has 1 saturated carbocycles. The molecule has 1 rings (SSSR count). The molecule has 0 aromatic carbocycles. The van der Waals surface area contributed by atoms with Gasteiger partial charge in [-0.25, -0.2) is 0 Å². The Morgan fingerprint density at radius 3 is 1.29 bits per heavy atom. The van der Waals surface area contributed by atoms with Crippen LogP contribution in [0.1, 0.15) is 105 Å². The normalized spacial score (nSPS) is 19.8. The van der Waals surface area contributed by atoms with E-state index in [2.05, 4.69) is 27.7 Å². The first-order valence-electron chi connectivity index (χ1n) is 11.9. The Bertz CT molecular complexity index is 378. The van der Waals surface area contributed by atoms with Crippen molar-refractivity contribution in [3.63, 3.8) is 0 Å². The molecule has 1 aliphatic rings. The minimum Gasteiger partial charge on any atom is -0.465 e. The fourth-order valence-corrected chi connectivity index (χ4v) is 4.28. The van der Waals surface area contributed by atoms with Crippen molar-refractivity contribution in [1.82, 2.24) is 0 Å². The lowest BCUT2D eigenvalue weighted by atomic mass is 9.82. The molecule has 4 heteroatoms. The Morgan fingerprint density at radius 1 is 0.679 bits per heavy atom. The van der Waals surface area contributed by atoms with Crippen molar-refractivity contribution in [1.29, 1.82) is 0 Å². The van der Waals surface area contributed by atoms with E-state index < -0.39 is 0 Å². The van der Waals surface area contributed by atoms with Gasteiger partial charge >= 0.3 is 11.9 Å². The van der Waals surface area contributed by atoms with E-state index >= 15 is 0 Å². The summed E-state index contributed by atoms with van der Waals surface area (Å²) in [5, 5.41) is 0. The highest BCUT2D eigenvalue weighted by molar-refractivity contribution is 5.75. The molecule has 0 N–H and O–H groups in total.